The van der Waals surface area contributed by atoms with Gasteiger partial charge in [-0.15, -0.1) is 0 Å². The Morgan fingerprint density at radius 1 is 0.833 bits per heavy atom. The maximum atomic E-state index is 13.0. The molecule has 154 valence electrons. The molecule has 0 heterocycles. The molecule has 0 saturated heterocycles. The van der Waals surface area contributed by atoms with Crippen LogP contribution in [0.3, 0.4) is 0 Å². The predicted molar refractivity (Wildman–Crippen MR) is 103 cm³/mol. The Labute approximate surface area is 170 Å². The molecule has 0 aliphatic carbocycles. The van der Waals surface area contributed by atoms with Crippen molar-refractivity contribution in [3.8, 4) is 11.5 Å². The van der Waals surface area contributed by atoms with Crippen molar-refractivity contribution in [1.82, 2.24) is 0 Å². The lowest BCUT2D eigenvalue weighted by Gasteiger charge is -2.13. The van der Waals surface area contributed by atoms with Gasteiger partial charge in [0.05, 0.1) is 16.8 Å². The second kappa shape index (κ2) is 9.13. The molecule has 0 unspecified atom stereocenters. The Morgan fingerprint density at radius 2 is 1.50 bits per heavy atom. The van der Waals surface area contributed by atoms with Gasteiger partial charge in [-0.2, -0.15) is 13.2 Å². The molecule has 0 saturated carbocycles. The SMILES string of the molecule is O=C(COC(=O)c1cccc(Oc2ccccc2)c1)Nc1ccccc1C(F)(F)F. The fourth-order valence-corrected chi connectivity index (χ4v) is 2.55. The molecule has 5 nitrogen and oxygen atoms in total. The average molecular weight is 415 g/mol. The molecule has 0 spiro atoms. The molecule has 0 aromatic heterocycles. The monoisotopic (exact) mass is 415 g/mol. The van der Waals surface area contributed by atoms with Crippen LogP contribution in [0.5, 0.6) is 11.5 Å². The highest BCUT2D eigenvalue weighted by Gasteiger charge is 2.33. The summed E-state index contributed by atoms with van der Waals surface area (Å²) in [6.07, 6.45) is -4.63. The van der Waals surface area contributed by atoms with Crippen LogP contribution in [0.2, 0.25) is 0 Å². The summed E-state index contributed by atoms with van der Waals surface area (Å²) in [6, 6.07) is 19.6. The number of nitrogens with one attached hydrogen (secondary N) is 1. The van der Waals surface area contributed by atoms with Gasteiger partial charge in [0.15, 0.2) is 6.61 Å². The van der Waals surface area contributed by atoms with Gasteiger partial charge in [-0.3, -0.25) is 4.79 Å². The van der Waals surface area contributed by atoms with E-state index in [0.717, 1.165) is 12.1 Å². The van der Waals surface area contributed by atoms with E-state index in [-0.39, 0.29) is 5.56 Å². The van der Waals surface area contributed by atoms with Gasteiger partial charge in [0.2, 0.25) is 0 Å². The highest BCUT2D eigenvalue weighted by molar-refractivity contribution is 5.96. The summed E-state index contributed by atoms with van der Waals surface area (Å²) in [7, 11) is 0. The van der Waals surface area contributed by atoms with Crippen molar-refractivity contribution in [3.05, 3.63) is 90.0 Å². The smallest absolute Gasteiger partial charge is 0.418 e. The lowest BCUT2D eigenvalue weighted by atomic mass is 10.1. The molecule has 3 rings (SSSR count). The largest absolute Gasteiger partial charge is 0.457 e. The zero-order valence-corrected chi connectivity index (χ0v) is 15.5. The van der Waals surface area contributed by atoms with Gasteiger partial charge in [0.1, 0.15) is 11.5 Å². The van der Waals surface area contributed by atoms with Gasteiger partial charge in [-0.25, -0.2) is 4.79 Å². The molecule has 0 radical (unpaired) electrons. The average Bonchev–Trinajstić information content (AvgIpc) is 2.72. The van der Waals surface area contributed by atoms with Crippen LogP contribution < -0.4 is 10.1 Å². The quantitative estimate of drug-likeness (QED) is 0.556. The molecule has 30 heavy (non-hydrogen) atoms. The van der Waals surface area contributed by atoms with Crippen LogP contribution in [0, 0.1) is 0 Å². The fraction of sp³-hybridized carbons (Fsp3) is 0.0909. The Hall–Kier alpha value is -3.81. The van der Waals surface area contributed by atoms with E-state index >= 15 is 0 Å². The van der Waals surface area contributed by atoms with Gasteiger partial charge in [0.25, 0.3) is 5.91 Å². The lowest BCUT2D eigenvalue weighted by molar-refractivity contribution is -0.137. The van der Waals surface area contributed by atoms with Crippen molar-refractivity contribution in [2.45, 2.75) is 6.18 Å². The topological polar surface area (TPSA) is 64.6 Å². The number of benzene rings is 3. The number of hydrogen-bond acceptors (Lipinski definition) is 4. The Kier molecular flexibility index (Phi) is 6.36. The van der Waals surface area contributed by atoms with Crippen LogP contribution in [0.1, 0.15) is 15.9 Å². The number of anilines is 1. The minimum atomic E-state index is -4.63. The Bertz CT molecular complexity index is 1040. The van der Waals surface area contributed by atoms with Gasteiger partial charge < -0.3 is 14.8 Å². The van der Waals surface area contributed by atoms with Crippen LogP contribution in [-0.2, 0) is 15.7 Å². The minimum Gasteiger partial charge on any atom is -0.457 e. The normalized spacial score (nSPS) is 10.9. The highest BCUT2D eigenvalue weighted by Crippen LogP contribution is 2.34. The fourth-order valence-electron chi connectivity index (χ4n) is 2.55. The third-order valence-corrected chi connectivity index (χ3v) is 3.89. The van der Waals surface area contributed by atoms with Crippen molar-refractivity contribution < 1.29 is 32.2 Å². The number of carbonyl (C=O) groups is 2. The molecular formula is C22H16F3NO4. The number of rotatable bonds is 6. The molecule has 8 heteroatoms. The summed E-state index contributed by atoms with van der Waals surface area (Å²) in [4.78, 5) is 24.1. The number of esters is 1. The second-order valence-electron chi connectivity index (χ2n) is 6.11. The maximum absolute atomic E-state index is 13.0. The van der Waals surface area contributed by atoms with E-state index in [1.807, 2.05) is 6.07 Å². The molecule has 3 aromatic carbocycles. The number of alkyl halides is 3. The van der Waals surface area contributed by atoms with E-state index in [0.29, 0.717) is 11.5 Å². The van der Waals surface area contributed by atoms with E-state index < -0.39 is 35.9 Å². The van der Waals surface area contributed by atoms with Crippen LogP contribution in [0.15, 0.2) is 78.9 Å². The molecule has 0 fully saturated rings. The van der Waals surface area contributed by atoms with Crippen molar-refractivity contribution in [3.63, 3.8) is 0 Å². The highest BCUT2D eigenvalue weighted by atomic mass is 19.4. The summed E-state index contributed by atoms with van der Waals surface area (Å²) in [6.45, 7) is -0.741. The molecule has 0 aliphatic heterocycles. The van der Waals surface area contributed by atoms with Crippen molar-refractivity contribution >= 4 is 17.6 Å². The first-order chi connectivity index (χ1) is 14.3. The zero-order chi connectivity index (χ0) is 21.6. The molecule has 1 amide bonds. The first-order valence-corrected chi connectivity index (χ1v) is 8.79. The summed E-state index contributed by atoms with van der Waals surface area (Å²) < 4.78 is 49.5. The lowest BCUT2D eigenvalue weighted by Crippen LogP contribution is -2.22. The first-order valence-electron chi connectivity index (χ1n) is 8.79. The minimum absolute atomic E-state index is 0.131. The zero-order valence-electron chi connectivity index (χ0n) is 15.5. The van der Waals surface area contributed by atoms with E-state index in [2.05, 4.69) is 5.32 Å². The van der Waals surface area contributed by atoms with E-state index in [1.165, 1.54) is 24.3 Å². The molecule has 0 aliphatic rings. The second-order valence-corrected chi connectivity index (χ2v) is 6.11. The van der Waals surface area contributed by atoms with Gasteiger partial charge in [0, 0.05) is 0 Å². The van der Waals surface area contributed by atoms with E-state index in [1.54, 1.807) is 36.4 Å². The third-order valence-electron chi connectivity index (χ3n) is 3.89. The van der Waals surface area contributed by atoms with Gasteiger partial charge in [-0.1, -0.05) is 36.4 Å². The molecule has 0 atom stereocenters. The maximum Gasteiger partial charge on any atom is 0.418 e. The first kappa shape index (κ1) is 20.9. The number of ether oxygens (including phenoxy) is 2. The number of halogens is 3. The van der Waals surface area contributed by atoms with E-state index in [4.69, 9.17) is 9.47 Å². The van der Waals surface area contributed by atoms with Crippen LogP contribution in [-0.4, -0.2) is 18.5 Å². The Balaban J connectivity index is 1.60. The van der Waals surface area contributed by atoms with Crippen molar-refractivity contribution in [2.75, 3.05) is 11.9 Å². The van der Waals surface area contributed by atoms with Crippen LogP contribution >= 0.6 is 0 Å². The molecule has 1 N–H and O–H groups in total. The van der Waals surface area contributed by atoms with Crippen molar-refractivity contribution in [2.24, 2.45) is 0 Å². The standard InChI is InChI=1S/C22H16F3NO4/c23-22(24,25)18-11-4-5-12-19(18)26-20(27)14-29-21(28)15-7-6-10-17(13-15)30-16-8-2-1-3-9-16/h1-13H,14H2,(H,26,27). The summed E-state index contributed by atoms with van der Waals surface area (Å²) in [5.74, 6) is -0.741. The summed E-state index contributed by atoms with van der Waals surface area (Å²) >= 11 is 0. The van der Waals surface area contributed by atoms with Crippen LogP contribution in [0.25, 0.3) is 0 Å². The summed E-state index contributed by atoms with van der Waals surface area (Å²) in [5.41, 5.74) is -1.27. The summed E-state index contributed by atoms with van der Waals surface area (Å²) in [5, 5.41) is 2.11. The molecule has 3 aromatic rings. The number of amides is 1. The van der Waals surface area contributed by atoms with Gasteiger partial charge in [-0.05, 0) is 42.5 Å². The van der Waals surface area contributed by atoms with Gasteiger partial charge >= 0.3 is 12.1 Å². The number of carbonyl (C=O) groups excluding carboxylic acids is 2. The number of hydrogen-bond donors (Lipinski definition) is 1. The predicted octanol–water partition coefficient (Wildman–Crippen LogP) is 5.29. The van der Waals surface area contributed by atoms with E-state index in [9.17, 15) is 22.8 Å². The number of para-hydroxylation sites is 2. The Morgan fingerprint density at radius 3 is 2.23 bits per heavy atom. The van der Waals surface area contributed by atoms with Crippen molar-refractivity contribution in [1.29, 1.82) is 0 Å². The third kappa shape index (κ3) is 5.60. The molecule has 0 bridgehead atoms. The van der Waals surface area contributed by atoms with Crippen LogP contribution in [0.4, 0.5) is 18.9 Å². The molecular weight excluding hydrogens is 399 g/mol.